The van der Waals surface area contributed by atoms with Crippen LogP contribution in [0.4, 0.5) is 0 Å². The van der Waals surface area contributed by atoms with Crippen LogP contribution in [0.25, 0.3) is 5.69 Å². The molecule has 8 nitrogen and oxygen atoms in total. The molecule has 0 saturated carbocycles. The minimum absolute atomic E-state index is 0.159. The van der Waals surface area contributed by atoms with Crippen LogP contribution in [0.15, 0.2) is 66.1 Å². The number of hydrogen-bond acceptors (Lipinski definition) is 5. The quantitative estimate of drug-likeness (QED) is 0.518. The van der Waals surface area contributed by atoms with Gasteiger partial charge in [-0.25, -0.2) is 18.4 Å². The molecule has 0 aliphatic carbocycles. The Morgan fingerprint density at radius 2 is 1.88 bits per heavy atom. The van der Waals surface area contributed by atoms with Crippen LogP contribution in [0.3, 0.4) is 0 Å². The lowest BCUT2D eigenvalue weighted by molar-refractivity contribution is 0.0938. The summed E-state index contributed by atoms with van der Waals surface area (Å²) in [7, 11) is -4.06. The number of hydrazine groups is 1. The second-order valence-electron chi connectivity index (χ2n) is 4.84. The van der Waals surface area contributed by atoms with E-state index in [0.29, 0.717) is 5.69 Å². The maximum Gasteiger partial charge on any atom is 0.284 e. The van der Waals surface area contributed by atoms with E-state index in [-0.39, 0.29) is 15.7 Å². The Labute approximate surface area is 148 Å². The number of rotatable bonds is 5. The molecule has 3 rings (SSSR count). The van der Waals surface area contributed by atoms with Gasteiger partial charge in [0.25, 0.3) is 15.9 Å². The number of nitrogens with zero attached hydrogens (tertiary/aromatic N) is 3. The number of benzene rings is 1. The number of amides is 1. The van der Waals surface area contributed by atoms with Crippen molar-refractivity contribution in [2.75, 3.05) is 0 Å². The number of para-hydroxylation sites is 1. The molecule has 0 spiro atoms. The molecule has 0 aliphatic heterocycles. The van der Waals surface area contributed by atoms with Crippen LogP contribution < -0.4 is 10.3 Å². The Bertz CT molecular complexity index is 1000. The summed E-state index contributed by atoms with van der Waals surface area (Å²) in [5.41, 5.74) is 3.01. The fraction of sp³-hybridized carbons (Fsp3) is 0. The smallest absolute Gasteiger partial charge is 0.284 e. The van der Waals surface area contributed by atoms with E-state index < -0.39 is 15.9 Å². The third-order valence-electron chi connectivity index (χ3n) is 3.22. The molecule has 1 aromatic carbocycles. The zero-order valence-electron chi connectivity index (χ0n) is 12.6. The first-order valence-electron chi connectivity index (χ1n) is 6.99. The number of pyridine rings is 1. The van der Waals surface area contributed by atoms with Gasteiger partial charge in [0, 0.05) is 11.9 Å². The van der Waals surface area contributed by atoms with Gasteiger partial charge in [0.1, 0.15) is 15.7 Å². The molecule has 25 heavy (non-hydrogen) atoms. The van der Waals surface area contributed by atoms with Crippen LogP contribution in [0, 0.1) is 0 Å². The lowest BCUT2D eigenvalue weighted by Gasteiger charge is -2.10. The maximum atomic E-state index is 12.3. The monoisotopic (exact) mass is 377 g/mol. The molecule has 10 heteroatoms. The van der Waals surface area contributed by atoms with E-state index in [1.165, 1.54) is 35.4 Å². The van der Waals surface area contributed by atoms with E-state index in [1.54, 1.807) is 12.1 Å². The highest BCUT2D eigenvalue weighted by molar-refractivity contribution is 7.89. The van der Waals surface area contributed by atoms with Gasteiger partial charge in [-0.3, -0.25) is 14.8 Å². The van der Waals surface area contributed by atoms with Crippen molar-refractivity contribution >= 4 is 27.5 Å². The topological polar surface area (TPSA) is 106 Å². The predicted octanol–water partition coefficient (Wildman–Crippen LogP) is 1.54. The van der Waals surface area contributed by atoms with Crippen molar-refractivity contribution in [2.45, 2.75) is 4.90 Å². The average molecular weight is 378 g/mol. The highest BCUT2D eigenvalue weighted by Crippen LogP contribution is 2.17. The maximum absolute atomic E-state index is 12.3. The van der Waals surface area contributed by atoms with Crippen molar-refractivity contribution in [3.8, 4) is 5.69 Å². The third kappa shape index (κ3) is 3.68. The van der Waals surface area contributed by atoms with Gasteiger partial charge < -0.3 is 0 Å². The second kappa shape index (κ2) is 7.01. The molecule has 128 valence electrons. The van der Waals surface area contributed by atoms with Crippen LogP contribution in [0.1, 0.15) is 10.5 Å². The van der Waals surface area contributed by atoms with Gasteiger partial charge in [-0.2, -0.15) is 0 Å². The molecule has 2 heterocycles. The van der Waals surface area contributed by atoms with Gasteiger partial charge in [-0.15, -0.1) is 4.83 Å². The van der Waals surface area contributed by atoms with Gasteiger partial charge in [-0.1, -0.05) is 29.8 Å². The molecule has 0 bridgehead atoms. The molecular weight excluding hydrogens is 366 g/mol. The van der Waals surface area contributed by atoms with Gasteiger partial charge in [-0.05, 0) is 24.3 Å². The Kier molecular flexibility index (Phi) is 4.79. The summed E-state index contributed by atoms with van der Waals surface area (Å²) in [5.74, 6) is -0.676. The van der Waals surface area contributed by atoms with Gasteiger partial charge in [0.05, 0.1) is 12.5 Å². The summed E-state index contributed by atoms with van der Waals surface area (Å²) in [6.07, 6.45) is 4.14. The van der Waals surface area contributed by atoms with Gasteiger partial charge >= 0.3 is 0 Å². The van der Waals surface area contributed by atoms with Crippen molar-refractivity contribution in [2.24, 2.45) is 0 Å². The molecule has 1 amide bonds. The summed E-state index contributed by atoms with van der Waals surface area (Å²) in [6, 6.07) is 11.7. The number of halogens is 1. The third-order valence-corrected chi connectivity index (χ3v) is 4.91. The highest BCUT2D eigenvalue weighted by atomic mass is 35.5. The highest BCUT2D eigenvalue weighted by Gasteiger charge is 2.20. The summed E-state index contributed by atoms with van der Waals surface area (Å²) in [4.78, 5) is 21.7. The van der Waals surface area contributed by atoms with Crippen molar-refractivity contribution in [1.82, 2.24) is 24.8 Å². The lowest BCUT2D eigenvalue weighted by atomic mass is 10.3. The molecular formula is C15H12ClN5O3S. The van der Waals surface area contributed by atoms with E-state index in [2.05, 4.69) is 15.4 Å². The van der Waals surface area contributed by atoms with Crippen molar-refractivity contribution in [3.05, 3.63) is 72.0 Å². The average Bonchev–Trinajstić information content (AvgIpc) is 3.10. The normalized spacial score (nSPS) is 11.2. The number of imidazole rings is 1. The first kappa shape index (κ1) is 17.1. The standard InChI is InChI=1S/C15H12ClN5O3S/c16-14-13(7-4-8-18-14)25(23,24)20-19-15(22)12-9-17-10-21(12)11-5-2-1-3-6-11/h1-10,20H,(H,19,22). The summed E-state index contributed by atoms with van der Waals surface area (Å²) >= 11 is 5.77. The fourth-order valence-electron chi connectivity index (χ4n) is 2.06. The van der Waals surface area contributed by atoms with E-state index >= 15 is 0 Å². The molecule has 0 radical (unpaired) electrons. The van der Waals surface area contributed by atoms with Gasteiger partial charge in [0.2, 0.25) is 0 Å². The number of aromatic nitrogens is 3. The Balaban J connectivity index is 1.79. The zero-order chi connectivity index (χ0) is 17.9. The van der Waals surface area contributed by atoms with Crippen molar-refractivity contribution in [1.29, 1.82) is 0 Å². The fourth-order valence-corrected chi connectivity index (χ4v) is 3.35. The molecule has 2 aromatic heterocycles. The van der Waals surface area contributed by atoms with Crippen molar-refractivity contribution < 1.29 is 13.2 Å². The van der Waals surface area contributed by atoms with Gasteiger partial charge in [0.15, 0.2) is 0 Å². The van der Waals surface area contributed by atoms with E-state index in [1.807, 2.05) is 23.0 Å². The van der Waals surface area contributed by atoms with Crippen LogP contribution in [0.5, 0.6) is 0 Å². The molecule has 3 aromatic rings. The molecule has 0 atom stereocenters. The van der Waals surface area contributed by atoms with Crippen LogP contribution in [-0.2, 0) is 10.0 Å². The van der Waals surface area contributed by atoms with Crippen LogP contribution in [-0.4, -0.2) is 28.9 Å². The predicted molar refractivity (Wildman–Crippen MR) is 90.6 cm³/mol. The Hall–Kier alpha value is -2.75. The number of nitrogens with one attached hydrogen (secondary N) is 2. The number of carbonyl (C=O) groups is 1. The van der Waals surface area contributed by atoms with Crippen molar-refractivity contribution in [3.63, 3.8) is 0 Å². The minimum Gasteiger partial charge on any atom is -0.295 e. The Morgan fingerprint density at radius 3 is 2.60 bits per heavy atom. The lowest BCUT2D eigenvalue weighted by Crippen LogP contribution is -2.42. The first-order chi connectivity index (χ1) is 12.0. The molecule has 0 saturated heterocycles. The first-order valence-corrected chi connectivity index (χ1v) is 8.85. The number of carbonyl (C=O) groups excluding carboxylic acids is 1. The molecule has 2 N–H and O–H groups in total. The zero-order valence-corrected chi connectivity index (χ0v) is 14.2. The SMILES string of the molecule is O=C(NNS(=O)(=O)c1cccnc1Cl)c1cncn1-c1ccccc1. The van der Waals surface area contributed by atoms with E-state index in [4.69, 9.17) is 11.6 Å². The van der Waals surface area contributed by atoms with E-state index in [9.17, 15) is 13.2 Å². The van der Waals surface area contributed by atoms with Crippen LogP contribution in [0.2, 0.25) is 5.15 Å². The summed E-state index contributed by atoms with van der Waals surface area (Å²) in [6.45, 7) is 0. The largest absolute Gasteiger partial charge is 0.295 e. The number of sulfonamides is 1. The molecule has 0 aliphatic rings. The summed E-state index contributed by atoms with van der Waals surface area (Å²) in [5, 5.41) is -0.196. The number of hydrogen-bond donors (Lipinski definition) is 2. The minimum atomic E-state index is -4.06. The Morgan fingerprint density at radius 1 is 1.12 bits per heavy atom. The second-order valence-corrected chi connectivity index (χ2v) is 6.85. The molecule has 0 unspecified atom stereocenters. The molecule has 0 fully saturated rings. The van der Waals surface area contributed by atoms with E-state index in [0.717, 1.165) is 0 Å². The van der Waals surface area contributed by atoms with Crippen LogP contribution >= 0.6 is 11.6 Å². The summed E-state index contributed by atoms with van der Waals surface area (Å²) < 4.78 is 25.9.